The van der Waals surface area contributed by atoms with Gasteiger partial charge in [0.25, 0.3) is 0 Å². The van der Waals surface area contributed by atoms with Crippen LogP contribution in [0.15, 0.2) is 46.4 Å². The molecule has 0 N–H and O–H groups in total. The number of rotatable bonds is 5. The van der Waals surface area contributed by atoms with Gasteiger partial charge in [0, 0.05) is 5.56 Å². The van der Waals surface area contributed by atoms with Crippen LogP contribution in [0.25, 0.3) is 0 Å². The highest BCUT2D eigenvalue weighted by molar-refractivity contribution is 7.86. The van der Waals surface area contributed by atoms with Gasteiger partial charge in [0.1, 0.15) is 4.90 Å². The van der Waals surface area contributed by atoms with Crippen LogP contribution >= 0.6 is 0 Å². The van der Waals surface area contributed by atoms with Gasteiger partial charge in [0.2, 0.25) is 0 Å². The molecule has 6 nitrogen and oxygen atoms in total. The van der Waals surface area contributed by atoms with E-state index < -0.39 is 10.1 Å². The minimum Gasteiger partial charge on any atom is -0.462 e. The van der Waals surface area contributed by atoms with E-state index in [0.717, 1.165) is 28.7 Å². The number of benzene rings is 2. The molecule has 0 spiro atoms. The normalized spacial score (nSPS) is 15.2. The Kier molecular flexibility index (Phi) is 5.84. The monoisotopic (exact) mass is 401 g/mol. The summed E-state index contributed by atoms with van der Waals surface area (Å²) in [6.07, 6.45) is 2.02. The van der Waals surface area contributed by atoms with Crippen LogP contribution in [0, 0.1) is 13.8 Å². The maximum Gasteiger partial charge on any atom is 0.358 e. The molecule has 0 saturated carbocycles. The van der Waals surface area contributed by atoms with E-state index in [0.29, 0.717) is 30.7 Å². The molecule has 0 amide bonds. The van der Waals surface area contributed by atoms with E-state index in [4.69, 9.17) is 9.02 Å². The number of hydrogen-bond donors (Lipinski definition) is 0. The SMILES string of the molecule is CCOC(=O)c1cc(C)cc2c1CCC/C2=N/OS(=O)(=O)c1ccc(C)cc1. The van der Waals surface area contributed by atoms with Crippen molar-refractivity contribution >= 4 is 21.8 Å². The molecule has 28 heavy (non-hydrogen) atoms. The molecule has 0 heterocycles. The van der Waals surface area contributed by atoms with Crippen molar-refractivity contribution in [2.45, 2.75) is 44.9 Å². The van der Waals surface area contributed by atoms with Crippen molar-refractivity contribution in [2.24, 2.45) is 5.16 Å². The summed E-state index contributed by atoms with van der Waals surface area (Å²) in [5.41, 5.74) is 4.42. The molecule has 0 bridgehead atoms. The first-order valence-electron chi connectivity index (χ1n) is 9.20. The molecule has 148 valence electrons. The van der Waals surface area contributed by atoms with E-state index in [1.807, 2.05) is 19.9 Å². The Bertz CT molecular complexity index is 1020. The number of fused-ring (bicyclic) bond motifs is 1. The molecule has 0 aliphatic heterocycles. The molecule has 7 heteroatoms. The predicted octanol–water partition coefficient (Wildman–Crippen LogP) is 3.93. The van der Waals surface area contributed by atoms with Crippen LogP contribution in [-0.4, -0.2) is 26.7 Å². The average Bonchev–Trinajstić information content (AvgIpc) is 2.66. The second-order valence-corrected chi connectivity index (χ2v) is 8.32. The van der Waals surface area contributed by atoms with Crippen molar-refractivity contribution in [1.29, 1.82) is 0 Å². The van der Waals surface area contributed by atoms with Crippen molar-refractivity contribution in [3.63, 3.8) is 0 Å². The molecule has 0 aromatic heterocycles. The van der Waals surface area contributed by atoms with E-state index >= 15 is 0 Å². The number of carbonyl (C=O) groups is 1. The second kappa shape index (κ2) is 8.14. The van der Waals surface area contributed by atoms with Crippen molar-refractivity contribution < 1.29 is 22.2 Å². The van der Waals surface area contributed by atoms with Crippen LogP contribution in [0.3, 0.4) is 0 Å². The molecule has 3 rings (SSSR count). The lowest BCUT2D eigenvalue weighted by Crippen LogP contribution is -2.19. The third-order valence-corrected chi connectivity index (χ3v) is 5.72. The Morgan fingerprint density at radius 2 is 1.79 bits per heavy atom. The molecule has 0 atom stereocenters. The summed E-state index contributed by atoms with van der Waals surface area (Å²) < 4.78 is 35.0. The molecule has 0 radical (unpaired) electrons. The lowest BCUT2D eigenvalue weighted by molar-refractivity contribution is 0.0525. The van der Waals surface area contributed by atoms with Gasteiger partial charge in [-0.3, -0.25) is 4.28 Å². The molecule has 0 unspecified atom stereocenters. The van der Waals surface area contributed by atoms with Crippen LogP contribution in [-0.2, 0) is 25.6 Å². The first-order valence-corrected chi connectivity index (χ1v) is 10.6. The quantitative estimate of drug-likeness (QED) is 0.560. The van der Waals surface area contributed by atoms with Crippen molar-refractivity contribution in [3.05, 3.63) is 64.2 Å². The van der Waals surface area contributed by atoms with Crippen LogP contribution < -0.4 is 0 Å². The summed E-state index contributed by atoms with van der Waals surface area (Å²) in [7, 11) is -4.00. The number of hydrogen-bond acceptors (Lipinski definition) is 6. The van der Waals surface area contributed by atoms with E-state index in [-0.39, 0.29) is 10.9 Å². The maximum absolute atomic E-state index is 12.4. The van der Waals surface area contributed by atoms with E-state index in [9.17, 15) is 13.2 Å². The first kappa shape index (κ1) is 20.1. The van der Waals surface area contributed by atoms with Gasteiger partial charge in [-0.2, -0.15) is 8.42 Å². The maximum atomic E-state index is 12.4. The first-order chi connectivity index (χ1) is 13.3. The molecular formula is C21H23NO5S. The molecule has 2 aromatic carbocycles. The summed E-state index contributed by atoms with van der Waals surface area (Å²) in [5.74, 6) is -0.378. The van der Waals surface area contributed by atoms with Gasteiger partial charge in [-0.1, -0.05) is 22.9 Å². The van der Waals surface area contributed by atoms with Gasteiger partial charge in [0.15, 0.2) is 0 Å². The minimum absolute atomic E-state index is 0.0509. The summed E-state index contributed by atoms with van der Waals surface area (Å²) in [6.45, 7) is 5.80. The van der Waals surface area contributed by atoms with Gasteiger partial charge in [-0.25, -0.2) is 4.79 Å². The molecule has 2 aromatic rings. The van der Waals surface area contributed by atoms with Crippen molar-refractivity contribution in [2.75, 3.05) is 6.61 Å². The van der Waals surface area contributed by atoms with Crippen LogP contribution in [0.4, 0.5) is 0 Å². The van der Waals surface area contributed by atoms with Crippen LogP contribution in [0.5, 0.6) is 0 Å². The minimum atomic E-state index is -4.00. The lowest BCUT2D eigenvalue weighted by Gasteiger charge is -2.21. The third-order valence-electron chi connectivity index (χ3n) is 4.60. The zero-order chi connectivity index (χ0) is 20.3. The number of aryl methyl sites for hydroxylation is 2. The summed E-state index contributed by atoms with van der Waals surface area (Å²) >= 11 is 0. The zero-order valence-corrected chi connectivity index (χ0v) is 17.0. The summed E-state index contributed by atoms with van der Waals surface area (Å²) in [5, 5.41) is 3.96. The number of carbonyl (C=O) groups excluding carboxylic acids is 1. The average molecular weight is 401 g/mol. The van der Waals surface area contributed by atoms with E-state index in [1.54, 1.807) is 25.1 Å². The summed E-state index contributed by atoms with van der Waals surface area (Å²) in [6, 6.07) is 10.1. The van der Waals surface area contributed by atoms with Crippen LogP contribution in [0.2, 0.25) is 0 Å². The molecule has 0 fully saturated rings. The third kappa shape index (κ3) is 4.25. The largest absolute Gasteiger partial charge is 0.462 e. The Balaban J connectivity index is 1.95. The number of oxime groups is 1. The molecule has 1 aliphatic carbocycles. The fourth-order valence-electron chi connectivity index (χ4n) is 3.24. The van der Waals surface area contributed by atoms with Gasteiger partial charge in [-0.05, 0) is 75.4 Å². The standard InChI is InChI=1S/C21H23NO5S/c1-4-26-21(23)19-13-15(3)12-18-17(19)6-5-7-20(18)22-27-28(24,25)16-10-8-14(2)9-11-16/h8-13H,4-7H2,1-3H3/b22-20-. The molecule has 0 saturated heterocycles. The number of nitrogens with zero attached hydrogens (tertiary/aromatic N) is 1. The van der Waals surface area contributed by atoms with E-state index in [1.165, 1.54) is 12.1 Å². The fraction of sp³-hybridized carbons (Fsp3) is 0.333. The molecule has 1 aliphatic rings. The molecular weight excluding hydrogens is 378 g/mol. The van der Waals surface area contributed by atoms with Gasteiger partial charge in [0.05, 0.1) is 17.9 Å². The predicted molar refractivity (Wildman–Crippen MR) is 106 cm³/mol. The smallest absolute Gasteiger partial charge is 0.358 e. The highest BCUT2D eigenvalue weighted by atomic mass is 32.2. The van der Waals surface area contributed by atoms with Gasteiger partial charge >= 0.3 is 16.1 Å². The number of ether oxygens (including phenoxy) is 1. The topological polar surface area (TPSA) is 82.0 Å². The van der Waals surface area contributed by atoms with E-state index in [2.05, 4.69) is 5.16 Å². The Morgan fingerprint density at radius 1 is 1.07 bits per heavy atom. The Labute approximate surface area is 165 Å². The Morgan fingerprint density at radius 3 is 2.46 bits per heavy atom. The van der Waals surface area contributed by atoms with Gasteiger partial charge < -0.3 is 4.74 Å². The second-order valence-electron chi connectivity index (χ2n) is 6.79. The number of esters is 1. The highest BCUT2D eigenvalue weighted by Crippen LogP contribution is 2.28. The highest BCUT2D eigenvalue weighted by Gasteiger charge is 2.24. The Hall–Kier alpha value is -2.67. The van der Waals surface area contributed by atoms with Crippen LogP contribution in [0.1, 0.15) is 52.4 Å². The zero-order valence-electron chi connectivity index (χ0n) is 16.2. The van der Waals surface area contributed by atoms with Crippen molar-refractivity contribution in [3.8, 4) is 0 Å². The summed E-state index contributed by atoms with van der Waals surface area (Å²) in [4.78, 5) is 12.4. The lowest BCUT2D eigenvalue weighted by atomic mass is 9.85. The van der Waals surface area contributed by atoms with Gasteiger partial charge in [-0.15, -0.1) is 0 Å². The fourth-order valence-corrected chi connectivity index (χ4v) is 3.98. The van der Waals surface area contributed by atoms with Crippen molar-refractivity contribution in [1.82, 2.24) is 0 Å².